The quantitative estimate of drug-likeness (QED) is 0.523. The van der Waals surface area contributed by atoms with Crippen molar-refractivity contribution in [1.82, 2.24) is 14.7 Å². The molecule has 150 valence electrons. The first-order chi connectivity index (χ1) is 13.5. The average molecular weight is 406 g/mol. The molecule has 0 unspecified atom stereocenters. The molecule has 0 atom stereocenters. The molecule has 1 aliphatic heterocycles. The van der Waals surface area contributed by atoms with Gasteiger partial charge in [0.05, 0.1) is 23.9 Å². The van der Waals surface area contributed by atoms with E-state index in [1.165, 1.54) is 0 Å². The maximum absolute atomic E-state index is 12.6. The fourth-order valence-corrected chi connectivity index (χ4v) is 3.48. The Morgan fingerprint density at radius 1 is 1.29 bits per heavy atom. The number of ether oxygens (including phenoxy) is 2. The molecule has 1 amide bonds. The second-order valence-corrected chi connectivity index (χ2v) is 6.97. The summed E-state index contributed by atoms with van der Waals surface area (Å²) < 4.78 is 12.3. The van der Waals surface area contributed by atoms with Crippen molar-refractivity contribution in [3.8, 4) is 5.75 Å². The molecule has 7 nitrogen and oxygen atoms in total. The Kier molecular flexibility index (Phi) is 6.57. The van der Waals surface area contributed by atoms with Crippen molar-refractivity contribution in [1.29, 1.82) is 0 Å². The van der Waals surface area contributed by atoms with Crippen LogP contribution in [0.4, 0.5) is 0 Å². The van der Waals surface area contributed by atoms with Gasteiger partial charge < -0.3 is 14.4 Å². The first-order valence-electron chi connectivity index (χ1n) is 9.38. The van der Waals surface area contributed by atoms with Crippen LogP contribution in [-0.2, 0) is 29.5 Å². The van der Waals surface area contributed by atoms with Crippen LogP contribution < -0.4 is 4.74 Å². The second-order valence-electron chi connectivity index (χ2n) is 6.57. The third-order valence-electron chi connectivity index (χ3n) is 4.65. The molecular formula is C20H24ClN3O4. The zero-order chi connectivity index (χ0) is 20.1. The van der Waals surface area contributed by atoms with E-state index in [4.69, 9.17) is 21.1 Å². The van der Waals surface area contributed by atoms with Crippen molar-refractivity contribution in [2.45, 2.75) is 32.7 Å². The number of esters is 1. The van der Waals surface area contributed by atoms with Crippen LogP contribution in [0.1, 0.15) is 41.5 Å². The monoisotopic (exact) mass is 405 g/mol. The summed E-state index contributed by atoms with van der Waals surface area (Å²) in [4.78, 5) is 26.6. The number of carbonyl (C=O) groups excluding carboxylic acids is 2. The van der Waals surface area contributed by atoms with Gasteiger partial charge in [0.1, 0.15) is 5.75 Å². The molecule has 0 aliphatic carbocycles. The zero-order valence-corrected chi connectivity index (χ0v) is 16.9. The molecule has 0 saturated heterocycles. The molecule has 0 fully saturated rings. The van der Waals surface area contributed by atoms with Crippen LogP contribution in [0.3, 0.4) is 0 Å². The van der Waals surface area contributed by atoms with Gasteiger partial charge in [-0.1, -0.05) is 23.7 Å². The highest BCUT2D eigenvalue weighted by Gasteiger charge is 2.29. The third kappa shape index (κ3) is 4.47. The highest BCUT2D eigenvalue weighted by Crippen LogP contribution is 2.25. The number of halogens is 1. The first-order valence-corrected chi connectivity index (χ1v) is 9.76. The van der Waals surface area contributed by atoms with Gasteiger partial charge in [0.15, 0.2) is 5.69 Å². The van der Waals surface area contributed by atoms with Gasteiger partial charge in [0.2, 0.25) is 5.91 Å². The van der Waals surface area contributed by atoms with Crippen LogP contribution in [0.25, 0.3) is 0 Å². The fourth-order valence-electron chi connectivity index (χ4n) is 3.29. The van der Waals surface area contributed by atoms with E-state index >= 15 is 0 Å². The number of aromatic nitrogens is 2. The smallest absolute Gasteiger partial charge is 0.356 e. The molecule has 1 aliphatic rings. The number of carbonyl (C=O) groups is 2. The summed E-state index contributed by atoms with van der Waals surface area (Å²) in [5.41, 5.74) is 2.07. The maximum atomic E-state index is 12.6. The normalized spacial score (nSPS) is 13.2. The Morgan fingerprint density at radius 2 is 2.07 bits per heavy atom. The van der Waals surface area contributed by atoms with Crippen molar-refractivity contribution in [3.63, 3.8) is 0 Å². The summed E-state index contributed by atoms with van der Waals surface area (Å²) >= 11 is 6.05. The van der Waals surface area contributed by atoms with Gasteiger partial charge in [-0.2, -0.15) is 5.10 Å². The molecule has 0 spiro atoms. The van der Waals surface area contributed by atoms with E-state index in [9.17, 15) is 9.59 Å². The first kappa shape index (κ1) is 20.2. The molecule has 0 saturated carbocycles. The van der Waals surface area contributed by atoms with Crippen molar-refractivity contribution >= 4 is 23.5 Å². The summed E-state index contributed by atoms with van der Waals surface area (Å²) in [6.45, 7) is 3.45. The van der Waals surface area contributed by atoms with Crippen molar-refractivity contribution in [2.24, 2.45) is 7.05 Å². The van der Waals surface area contributed by atoms with Crippen LogP contribution >= 0.6 is 11.6 Å². The molecule has 0 N–H and O–H groups in total. The zero-order valence-electron chi connectivity index (χ0n) is 16.1. The van der Waals surface area contributed by atoms with Gasteiger partial charge in [-0.05, 0) is 25.5 Å². The van der Waals surface area contributed by atoms with E-state index in [0.717, 1.165) is 11.3 Å². The fraction of sp³-hybridized carbons (Fsp3) is 0.450. The van der Waals surface area contributed by atoms with E-state index in [2.05, 4.69) is 5.10 Å². The van der Waals surface area contributed by atoms with Gasteiger partial charge in [-0.15, -0.1) is 0 Å². The standard InChI is InChI=1S/C20H24ClN3O4/c1-3-27-20(26)19-14-13-24(11-10-16(14)22-23(19)2)18(25)9-6-12-28-17-8-5-4-7-15(17)21/h4-5,7-8H,3,6,9-13H2,1-2H3. The molecule has 1 aromatic carbocycles. The number of amides is 1. The lowest BCUT2D eigenvalue weighted by Gasteiger charge is -2.27. The Balaban J connectivity index is 1.55. The molecule has 0 radical (unpaired) electrons. The molecule has 2 heterocycles. The van der Waals surface area contributed by atoms with E-state index in [-0.39, 0.29) is 5.91 Å². The number of para-hydroxylation sites is 1. The van der Waals surface area contributed by atoms with Gasteiger partial charge >= 0.3 is 5.97 Å². The Morgan fingerprint density at radius 3 is 2.82 bits per heavy atom. The van der Waals surface area contributed by atoms with Crippen molar-refractivity contribution < 1.29 is 19.1 Å². The second kappa shape index (κ2) is 9.10. The highest BCUT2D eigenvalue weighted by atomic mass is 35.5. The number of hydrogen-bond donors (Lipinski definition) is 0. The SMILES string of the molecule is CCOC(=O)c1c2c(nn1C)CCN(C(=O)CCCOc1ccccc1Cl)C2. The lowest BCUT2D eigenvalue weighted by atomic mass is 10.0. The van der Waals surface area contributed by atoms with Gasteiger partial charge in [0.25, 0.3) is 0 Å². The Hall–Kier alpha value is -2.54. The number of benzene rings is 1. The summed E-state index contributed by atoms with van der Waals surface area (Å²) in [5, 5.41) is 4.97. The van der Waals surface area contributed by atoms with Crippen LogP contribution in [0.15, 0.2) is 24.3 Å². The van der Waals surface area contributed by atoms with Gasteiger partial charge in [-0.3, -0.25) is 9.48 Å². The highest BCUT2D eigenvalue weighted by molar-refractivity contribution is 6.32. The molecular weight excluding hydrogens is 382 g/mol. The minimum absolute atomic E-state index is 0.0343. The van der Waals surface area contributed by atoms with Crippen LogP contribution in [-0.4, -0.2) is 46.3 Å². The lowest BCUT2D eigenvalue weighted by Crippen LogP contribution is -2.36. The maximum Gasteiger partial charge on any atom is 0.356 e. The summed E-state index contributed by atoms with van der Waals surface area (Å²) in [7, 11) is 1.72. The predicted octanol–water partition coefficient (Wildman–Crippen LogP) is 2.99. The van der Waals surface area contributed by atoms with Crippen LogP contribution in [0, 0.1) is 0 Å². The Bertz CT molecular complexity index is 865. The minimum Gasteiger partial charge on any atom is -0.492 e. The summed E-state index contributed by atoms with van der Waals surface area (Å²) in [6, 6.07) is 7.26. The van der Waals surface area contributed by atoms with Crippen molar-refractivity contribution in [2.75, 3.05) is 19.8 Å². The lowest BCUT2D eigenvalue weighted by molar-refractivity contribution is -0.132. The third-order valence-corrected chi connectivity index (χ3v) is 4.96. The molecule has 2 aromatic rings. The van der Waals surface area contributed by atoms with Gasteiger partial charge in [-0.25, -0.2) is 4.79 Å². The predicted molar refractivity (Wildman–Crippen MR) is 104 cm³/mol. The molecule has 8 heteroatoms. The Labute approximate surface area is 169 Å². The van der Waals surface area contributed by atoms with Crippen LogP contribution in [0.5, 0.6) is 5.75 Å². The van der Waals surface area contributed by atoms with E-state index in [1.807, 2.05) is 12.1 Å². The number of rotatable bonds is 7. The van der Waals surface area contributed by atoms with Crippen LogP contribution in [0.2, 0.25) is 5.02 Å². The molecule has 1 aromatic heterocycles. The van der Waals surface area contributed by atoms with E-state index < -0.39 is 5.97 Å². The topological polar surface area (TPSA) is 73.7 Å². The van der Waals surface area contributed by atoms with E-state index in [1.54, 1.807) is 35.7 Å². The van der Waals surface area contributed by atoms with Crippen molar-refractivity contribution in [3.05, 3.63) is 46.2 Å². The van der Waals surface area contributed by atoms with E-state index in [0.29, 0.717) is 62.0 Å². The number of aryl methyl sites for hydroxylation is 1. The number of nitrogens with zero attached hydrogens (tertiary/aromatic N) is 3. The summed E-state index contributed by atoms with van der Waals surface area (Å²) in [6.07, 6.45) is 1.59. The largest absolute Gasteiger partial charge is 0.492 e. The molecule has 0 bridgehead atoms. The molecule has 28 heavy (non-hydrogen) atoms. The number of hydrogen-bond acceptors (Lipinski definition) is 5. The average Bonchev–Trinajstić information content (AvgIpc) is 3.01. The van der Waals surface area contributed by atoms with Gasteiger partial charge in [0, 0.05) is 38.5 Å². The number of fused-ring (bicyclic) bond motifs is 1. The summed E-state index contributed by atoms with van der Waals surface area (Å²) in [5.74, 6) is 0.252. The molecule has 3 rings (SSSR count). The minimum atomic E-state index is -0.402.